The van der Waals surface area contributed by atoms with Gasteiger partial charge in [-0.3, -0.25) is 9.69 Å². The number of rotatable bonds is 4. The van der Waals surface area contributed by atoms with Gasteiger partial charge in [0.25, 0.3) is 5.91 Å². The zero-order valence-corrected chi connectivity index (χ0v) is 21.1. The number of benzene rings is 2. The summed E-state index contributed by atoms with van der Waals surface area (Å²) in [7, 11) is 0. The van der Waals surface area contributed by atoms with E-state index in [1.54, 1.807) is 35.2 Å². The summed E-state index contributed by atoms with van der Waals surface area (Å²) in [6.45, 7) is 12.2. The van der Waals surface area contributed by atoms with E-state index in [0.29, 0.717) is 48.0 Å². The summed E-state index contributed by atoms with van der Waals surface area (Å²) in [6.07, 6.45) is -0.288. The molecule has 2 aromatic rings. The third-order valence-electron chi connectivity index (χ3n) is 5.72. The quantitative estimate of drug-likeness (QED) is 0.646. The van der Waals surface area contributed by atoms with E-state index in [4.69, 9.17) is 21.6 Å². The fourth-order valence-corrected chi connectivity index (χ4v) is 4.20. The Kier molecular flexibility index (Phi) is 7.86. The average molecular weight is 483 g/mol. The van der Waals surface area contributed by atoms with Gasteiger partial charge in [-0.25, -0.2) is 4.79 Å². The zero-order valence-electron chi connectivity index (χ0n) is 20.3. The van der Waals surface area contributed by atoms with Crippen LogP contribution in [0.25, 0.3) is 0 Å². The van der Waals surface area contributed by atoms with Crippen LogP contribution in [0.2, 0.25) is 5.02 Å². The molecule has 1 N–H and O–H groups in total. The van der Waals surface area contributed by atoms with Gasteiger partial charge in [0.1, 0.15) is 5.60 Å². The number of nitrogens with zero attached hydrogens (tertiary/aromatic N) is 3. The highest BCUT2D eigenvalue weighted by Gasteiger charge is 2.31. The molecule has 2 aromatic carbocycles. The Morgan fingerprint density at radius 3 is 2.62 bits per heavy atom. The molecule has 1 aliphatic rings. The number of piperazine rings is 1. The third kappa shape index (κ3) is 6.49. The van der Waals surface area contributed by atoms with Gasteiger partial charge in [0.15, 0.2) is 0 Å². The predicted molar refractivity (Wildman–Crippen MR) is 133 cm³/mol. The summed E-state index contributed by atoms with van der Waals surface area (Å²) in [5.41, 5.74) is 2.88. The van der Waals surface area contributed by atoms with Gasteiger partial charge in [-0.1, -0.05) is 17.7 Å². The SMILES string of the molecule is Cc1c(CN2CCN(C(=O)OC(C)(C)C)C(C)C2)cc(Cl)cc1NC(=O)c1cccc(C#N)c1. The smallest absolute Gasteiger partial charge is 0.410 e. The van der Waals surface area contributed by atoms with Gasteiger partial charge in [-0.2, -0.15) is 5.26 Å². The number of nitrogens with one attached hydrogen (secondary N) is 1. The Bertz CT molecular complexity index is 1120. The Balaban J connectivity index is 1.70. The molecule has 180 valence electrons. The van der Waals surface area contributed by atoms with Crippen LogP contribution in [0.5, 0.6) is 0 Å². The van der Waals surface area contributed by atoms with Crippen molar-refractivity contribution in [1.29, 1.82) is 5.26 Å². The Morgan fingerprint density at radius 1 is 1.24 bits per heavy atom. The van der Waals surface area contributed by atoms with Crippen LogP contribution in [0.3, 0.4) is 0 Å². The lowest BCUT2D eigenvalue weighted by Gasteiger charge is -2.40. The molecule has 0 spiro atoms. The first-order valence-corrected chi connectivity index (χ1v) is 11.7. The molecule has 0 bridgehead atoms. The second kappa shape index (κ2) is 10.5. The number of carbonyl (C=O) groups is 2. The second-order valence-corrected chi connectivity index (χ2v) is 10.1. The molecule has 0 aromatic heterocycles. The number of nitriles is 1. The van der Waals surface area contributed by atoms with E-state index in [1.165, 1.54) is 0 Å². The molecule has 7 nitrogen and oxygen atoms in total. The molecular formula is C26H31ClN4O3. The Morgan fingerprint density at radius 2 is 1.97 bits per heavy atom. The largest absolute Gasteiger partial charge is 0.444 e. The van der Waals surface area contributed by atoms with Gasteiger partial charge >= 0.3 is 6.09 Å². The third-order valence-corrected chi connectivity index (χ3v) is 5.93. The maximum Gasteiger partial charge on any atom is 0.410 e. The molecule has 0 saturated carbocycles. The van der Waals surface area contributed by atoms with Crippen molar-refractivity contribution in [2.45, 2.75) is 52.8 Å². The molecule has 1 aliphatic heterocycles. The van der Waals surface area contributed by atoms with E-state index < -0.39 is 5.60 Å². The van der Waals surface area contributed by atoms with E-state index in [2.05, 4.69) is 10.2 Å². The number of ether oxygens (including phenoxy) is 1. The first-order valence-electron chi connectivity index (χ1n) is 11.3. The highest BCUT2D eigenvalue weighted by molar-refractivity contribution is 6.31. The molecule has 0 aliphatic carbocycles. The molecule has 3 rings (SSSR count). The van der Waals surface area contributed by atoms with Crippen LogP contribution in [0, 0.1) is 18.3 Å². The van der Waals surface area contributed by atoms with E-state index in [0.717, 1.165) is 11.1 Å². The first-order chi connectivity index (χ1) is 16.0. The van der Waals surface area contributed by atoms with E-state index in [9.17, 15) is 9.59 Å². The van der Waals surface area contributed by atoms with Gasteiger partial charge in [0.2, 0.25) is 0 Å². The van der Waals surface area contributed by atoms with Crippen LogP contribution >= 0.6 is 11.6 Å². The standard InChI is InChI=1S/C26H31ClN4O3/c1-17-15-30(9-10-31(17)25(33)34-26(3,4)5)16-21-12-22(27)13-23(18(21)2)29-24(32)20-8-6-7-19(11-20)14-28/h6-8,11-13,17H,9-10,15-16H2,1-5H3,(H,29,32). The summed E-state index contributed by atoms with van der Waals surface area (Å²) in [5, 5.41) is 12.5. The van der Waals surface area contributed by atoms with Gasteiger partial charge in [0, 0.05) is 48.5 Å². The van der Waals surface area contributed by atoms with Crippen LogP contribution in [-0.4, -0.2) is 53.1 Å². The maximum absolute atomic E-state index is 12.8. The number of halogens is 1. The van der Waals surface area contributed by atoms with E-state index in [-0.39, 0.29) is 18.0 Å². The van der Waals surface area contributed by atoms with Crippen molar-refractivity contribution < 1.29 is 14.3 Å². The lowest BCUT2D eigenvalue weighted by Crippen LogP contribution is -2.54. The van der Waals surface area contributed by atoms with Crippen LogP contribution in [0.15, 0.2) is 36.4 Å². The maximum atomic E-state index is 12.8. The van der Waals surface area contributed by atoms with E-state index >= 15 is 0 Å². The van der Waals surface area contributed by atoms with Crippen molar-refractivity contribution in [2.75, 3.05) is 25.0 Å². The molecule has 8 heteroatoms. The highest BCUT2D eigenvalue weighted by Crippen LogP contribution is 2.27. The summed E-state index contributed by atoms with van der Waals surface area (Å²) < 4.78 is 5.53. The van der Waals surface area contributed by atoms with Crippen LogP contribution in [-0.2, 0) is 11.3 Å². The summed E-state index contributed by atoms with van der Waals surface area (Å²) in [5.74, 6) is -0.298. The van der Waals surface area contributed by atoms with Gasteiger partial charge in [-0.15, -0.1) is 0 Å². The number of amides is 2. The topological polar surface area (TPSA) is 85.7 Å². The minimum Gasteiger partial charge on any atom is -0.444 e. The summed E-state index contributed by atoms with van der Waals surface area (Å²) >= 11 is 6.39. The number of hydrogen-bond acceptors (Lipinski definition) is 5. The molecular weight excluding hydrogens is 452 g/mol. The fraction of sp³-hybridized carbons (Fsp3) is 0.423. The van der Waals surface area contributed by atoms with Crippen molar-refractivity contribution in [1.82, 2.24) is 9.80 Å². The number of anilines is 1. The minimum absolute atomic E-state index is 0.00896. The first kappa shape index (κ1) is 25.5. The van der Waals surface area contributed by atoms with Crippen molar-refractivity contribution in [2.24, 2.45) is 0 Å². The fourth-order valence-electron chi connectivity index (χ4n) is 3.96. The van der Waals surface area contributed by atoms with Gasteiger partial charge < -0.3 is 15.0 Å². The Labute approximate surface area is 206 Å². The van der Waals surface area contributed by atoms with Gasteiger partial charge in [0.05, 0.1) is 11.6 Å². The predicted octanol–water partition coefficient (Wildman–Crippen LogP) is 5.21. The lowest BCUT2D eigenvalue weighted by atomic mass is 10.0. The lowest BCUT2D eigenvalue weighted by molar-refractivity contribution is 0.000535. The molecule has 2 amide bonds. The monoisotopic (exact) mass is 482 g/mol. The second-order valence-electron chi connectivity index (χ2n) is 9.64. The summed E-state index contributed by atoms with van der Waals surface area (Å²) in [6, 6.07) is 12.3. The molecule has 0 radical (unpaired) electrons. The van der Waals surface area contributed by atoms with E-state index in [1.807, 2.05) is 46.8 Å². The number of hydrogen-bond donors (Lipinski definition) is 1. The van der Waals surface area contributed by atoms with Crippen molar-refractivity contribution in [3.05, 3.63) is 63.7 Å². The van der Waals surface area contributed by atoms with Crippen LogP contribution < -0.4 is 5.32 Å². The molecule has 1 atom stereocenters. The van der Waals surface area contributed by atoms with Crippen LogP contribution in [0.1, 0.15) is 54.7 Å². The molecule has 1 heterocycles. The molecule has 1 fully saturated rings. The normalized spacial score (nSPS) is 16.6. The molecule has 1 unspecified atom stereocenters. The summed E-state index contributed by atoms with van der Waals surface area (Å²) in [4.78, 5) is 29.3. The van der Waals surface area contributed by atoms with Crippen molar-refractivity contribution in [3.63, 3.8) is 0 Å². The zero-order chi connectivity index (χ0) is 25.0. The molecule has 34 heavy (non-hydrogen) atoms. The Hall–Kier alpha value is -3.08. The van der Waals surface area contributed by atoms with Crippen molar-refractivity contribution in [3.8, 4) is 6.07 Å². The molecule has 1 saturated heterocycles. The highest BCUT2D eigenvalue weighted by atomic mass is 35.5. The number of carbonyl (C=O) groups excluding carboxylic acids is 2. The van der Waals surface area contributed by atoms with Crippen LogP contribution in [0.4, 0.5) is 10.5 Å². The minimum atomic E-state index is -0.525. The van der Waals surface area contributed by atoms with Crippen molar-refractivity contribution >= 4 is 29.3 Å². The van der Waals surface area contributed by atoms with Gasteiger partial charge in [-0.05, 0) is 76.1 Å². The average Bonchev–Trinajstić information content (AvgIpc) is 2.75.